The Balaban J connectivity index is 1.62. The lowest BCUT2D eigenvalue weighted by Crippen LogP contribution is -2.42. The van der Waals surface area contributed by atoms with E-state index in [0.717, 1.165) is 4.31 Å². The predicted molar refractivity (Wildman–Crippen MR) is 114 cm³/mol. The Labute approximate surface area is 180 Å². The Morgan fingerprint density at radius 1 is 1.17 bits per heavy atom. The van der Waals surface area contributed by atoms with Crippen molar-refractivity contribution in [3.8, 4) is 17.2 Å². The average Bonchev–Trinajstić information content (AvgIpc) is 2.75. The van der Waals surface area contributed by atoms with Crippen LogP contribution in [0.15, 0.2) is 42.5 Å². The highest BCUT2D eigenvalue weighted by molar-refractivity contribution is 7.92. The molecule has 30 heavy (non-hydrogen) atoms. The first-order valence-corrected chi connectivity index (χ1v) is 11.4. The molecule has 0 unspecified atom stereocenters. The van der Waals surface area contributed by atoms with Gasteiger partial charge in [-0.15, -0.1) is 0 Å². The number of rotatable bonds is 9. The highest BCUT2D eigenvalue weighted by Crippen LogP contribution is 2.34. The summed E-state index contributed by atoms with van der Waals surface area (Å²) in [6, 6.07) is 11.8. The number of anilines is 1. The van der Waals surface area contributed by atoms with Crippen LogP contribution in [0.1, 0.15) is 6.92 Å². The number of hydrogen-bond donors (Lipinski definition) is 1. The molecule has 3 rings (SSSR count). The van der Waals surface area contributed by atoms with Crippen molar-refractivity contribution in [2.45, 2.75) is 6.92 Å². The molecule has 1 aliphatic heterocycles. The number of hydrogen-bond acceptors (Lipinski definition) is 6. The van der Waals surface area contributed by atoms with Crippen molar-refractivity contribution in [2.75, 3.05) is 43.0 Å². The summed E-state index contributed by atoms with van der Waals surface area (Å²) in [6.45, 7) is 2.37. The molecule has 0 aliphatic carbocycles. The number of nitrogens with one attached hydrogen (secondary N) is 1. The van der Waals surface area contributed by atoms with Crippen molar-refractivity contribution >= 4 is 33.2 Å². The molecular formula is C20H23ClN2O6S. The van der Waals surface area contributed by atoms with Gasteiger partial charge in [-0.2, -0.15) is 0 Å². The van der Waals surface area contributed by atoms with E-state index in [-0.39, 0.29) is 25.4 Å². The van der Waals surface area contributed by atoms with Gasteiger partial charge >= 0.3 is 0 Å². The first kappa shape index (κ1) is 22.0. The molecule has 1 heterocycles. The summed E-state index contributed by atoms with van der Waals surface area (Å²) >= 11 is 6.01. The number of para-hydroxylation sites is 1. The van der Waals surface area contributed by atoms with Crippen molar-refractivity contribution < 1.29 is 27.4 Å². The van der Waals surface area contributed by atoms with Crippen LogP contribution in [-0.2, 0) is 14.8 Å². The SMILES string of the molecule is CCS(=O)(=O)N(CC(=O)NCCOc1ccccc1Cl)c1ccc2c(c1)OCCO2. The Morgan fingerprint density at radius 3 is 2.63 bits per heavy atom. The summed E-state index contributed by atoms with van der Waals surface area (Å²) in [5.74, 6) is 0.901. The topological polar surface area (TPSA) is 94.2 Å². The summed E-state index contributed by atoms with van der Waals surface area (Å²) < 4.78 is 42.8. The van der Waals surface area contributed by atoms with Crippen LogP contribution < -0.4 is 23.8 Å². The highest BCUT2D eigenvalue weighted by Gasteiger charge is 2.25. The van der Waals surface area contributed by atoms with Crippen LogP contribution in [0.3, 0.4) is 0 Å². The molecule has 1 amide bonds. The molecule has 0 fully saturated rings. The predicted octanol–water partition coefficient (Wildman–Crippen LogP) is 2.46. The molecule has 0 saturated heterocycles. The van der Waals surface area contributed by atoms with Crippen molar-refractivity contribution in [3.63, 3.8) is 0 Å². The molecule has 0 bridgehead atoms. The van der Waals surface area contributed by atoms with Gasteiger partial charge < -0.3 is 19.5 Å². The van der Waals surface area contributed by atoms with Crippen LogP contribution >= 0.6 is 11.6 Å². The van der Waals surface area contributed by atoms with Gasteiger partial charge in [0.15, 0.2) is 11.5 Å². The summed E-state index contributed by atoms with van der Waals surface area (Å²) in [6.07, 6.45) is 0. The number of nitrogens with zero attached hydrogens (tertiary/aromatic N) is 1. The molecule has 162 valence electrons. The standard InChI is InChI=1S/C20H23ClN2O6S/c1-2-30(25,26)23(15-7-8-18-19(13-15)29-12-11-28-18)14-20(24)22-9-10-27-17-6-4-3-5-16(17)21/h3-8,13H,2,9-12,14H2,1H3,(H,22,24). The minimum atomic E-state index is -3.69. The van der Waals surface area contributed by atoms with Crippen LogP contribution in [0.25, 0.3) is 0 Å². The van der Waals surface area contributed by atoms with E-state index in [0.29, 0.717) is 41.2 Å². The quantitative estimate of drug-likeness (QED) is 0.585. The molecule has 0 spiro atoms. The Hall–Kier alpha value is -2.65. The summed E-state index contributed by atoms with van der Waals surface area (Å²) in [7, 11) is -3.69. The zero-order chi connectivity index (χ0) is 21.6. The smallest absolute Gasteiger partial charge is 0.240 e. The van der Waals surface area contributed by atoms with Crippen molar-refractivity contribution in [1.82, 2.24) is 5.32 Å². The molecule has 1 aliphatic rings. The van der Waals surface area contributed by atoms with Gasteiger partial charge in [0.25, 0.3) is 0 Å². The first-order valence-electron chi connectivity index (χ1n) is 9.45. The maximum absolute atomic E-state index is 12.6. The maximum Gasteiger partial charge on any atom is 0.240 e. The minimum Gasteiger partial charge on any atom is -0.490 e. The Bertz CT molecular complexity index is 999. The number of carbonyl (C=O) groups excluding carboxylic acids is 1. The molecule has 0 atom stereocenters. The normalized spacial score (nSPS) is 12.9. The maximum atomic E-state index is 12.6. The number of carbonyl (C=O) groups is 1. The lowest BCUT2D eigenvalue weighted by atomic mass is 10.2. The van der Waals surface area contributed by atoms with E-state index in [2.05, 4.69) is 5.32 Å². The molecule has 1 N–H and O–H groups in total. The van der Waals surface area contributed by atoms with E-state index in [4.69, 9.17) is 25.8 Å². The largest absolute Gasteiger partial charge is 0.490 e. The minimum absolute atomic E-state index is 0.148. The van der Waals surface area contributed by atoms with Gasteiger partial charge in [-0.25, -0.2) is 8.42 Å². The third-order valence-corrected chi connectivity index (χ3v) is 6.37. The zero-order valence-corrected chi connectivity index (χ0v) is 18.0. The molecule has 0 saturated carbocycles. The van der Waals surface area contributed by atoms with Gasteiger partial charge in [-0.05, 0) is 31.2 Å². The van der Waals surface area contributed by atoms with Crippen LogP contribution in [0.5, 0.6) is 17.2 Å². The van der Waals surface area contributed by atoms with Gasteiger partial charge in [-0.3, -0.25) is 9.10 Å². The monoisotopic (exact) mass is 454 g/mol. The van der Waals surface area contributed by atoms with Gasteiger partial charge in [0.1, 0.15) is 32.1 Å². The Kier molecular flexibility index (Phi) is 7.28. The van der Waals surface area contributed by atoms with Gasteiger partial charge in [0.05, 0.1) is 23.0 Å². The fraction of sp³-hybridized carbons (Fsp3) is 0.350. The fourth-order valence-electron chi connectivity index (χ4n) is 2.79. The highest BCUT2D eigenvalue weighted by atomic mass is 35.5. The van der Waals surface area contributed by atoms with Crippen LogP contribution in [0.2, 0.25) is 5.02 Å². The number of benzene rings is 2. The number of halogens is 1. The van der Waals surface area contributed by atoms with Crippen LogP contribution in [0.4, 0.5) is 5.69 Å². The van der Waals surface area contributed by atoms with Crippen molar-refractivity contribution in [1.29, 1.82) is 0 Å². The molecule has 2 aromatic rings. The van der Waals surface area contributed by atoms with Gasteiger partial charge in [-0.1, -0.05) is 23.7 Å². The van der Waals surface area contributed by atoms with Crippen molar-refractivity contribution in [3.05, 3.63) is 47.5 Å². The molecule has 8 nitrogen and oxygen atoms in total. The molecular weight excluding hydrogens is 432 g/mol. The molecule has 0 radical (unpaired) electrons. The number of sulfonamides is 1. The molecule has 0 aromatic heterocycles. The Morgan fingerprint density at radius 2 is 1.90 bits per heavy atom. The third kappa shape index (κ3) is 5.48. The summed E-state index contributed by atoms with van der Waals surface area (Å²) in [5, 5.41) is 3.14. The number of fused-ring (bicyclic) bond motifs is 1. The average molecular weight is 455 g/mol. The van der Waals surface area contributed by atoms with E-state index in [9.17, 15) is 13.2 Å². The number of amides is 1. The molecule has 2 aromatic carbocycles. The van der Waals surface area contributed by atoms with E-state index in [1.54, 1.807) is 42.5 Å². The van der Waals surface area contributed by atoms with E-state index in [1.165, 1.54) is 6.92 Å². The third-order valence-electron chi connectivity index (χ3n) is 4.32. The van der Waals surface area contributed by atoms with E-state index >= 15 is 0 Å². The summed E-state index contributed by atoms with van der Waals surface area (Å²) in [5.41, 5.74) is 0.337. The lowest BCUT2D eigenvalue weighted by molar-refractivity contribution is -0.119. The van der Waals surface area contributed by atoms with Gasteiger partial charge in [0, 0.05) is 6.07 Å². The van der Waals surface area contributed by atoms with Gasteiger partial charge in [0.2, 0.25) is 15.9 Å². The fourth-order valence-corrected chi connectivity index (χ4v) is 4.04. The second-order valence-corrected chi connectivity index (χ2v) is 8.95. The van der Waals surface area contributed by atoms with E-state index < -0.39 is 15.9 Å². The first-order chi connectivity index (χ1) is 14.4. The van der Waals surface area contributed by atoms with Crippen LogP contribution in [-0.4, -0.2) is 53.0 Å². The van der Waals surface area contributed by atoms with Crippen molar-refractivity contribution in [2.24, 2.45) is 0 Å². The second-order valence-electron chi connectivity index (χ2n) is 6.36. The summed E-state index contributed by atoms with van der Waals surface area (Å²) in [4.78, 5) is 12.4. The lowest BCUT2D eigenvalue weighted by Gasteiger charge is -2.25. The zero-order valence-electron chi connectivity index (χ0n) is 16.5. The van der Waals surface area contributed by atoms with Crippen LogP contribution in [0, 0.1) is 0 Å². The van der Waals surface area contributed by atoms with E-state index in [1.807, 2.05) is 0 Å². The molecule has 10 heteroatoms. The number of ether oxygens (including phenoxy) is 3. The second kappa shape index (κ2) is 9.90.